The average Bonchev–Trinajstić information content (AvgIpc) is 2.45. The molecule has 0 radical (unpaired) electrons. The maximum Gasteiger partial charge on any atom is 0.302 e. The number of fused-ring (bicyclic) bond motifs is 2. The lowest BCUT2D eigenvalue weighted by Crippen LogP contribution is -2.46. The van der Waals surface area contributed by atoms with Gasteiger partial charge in [-0.1, -0.05) is 20.8 Å². The highest BCUT2D eigenvalue weighted by atomic mass is 16.5. The fraction of sp³-hybridized carbons (Fsp3) is 0.833. The first-order valence-corrected chi connectivity index (χ1v) is 5.47. The SMILES string of the molecule is CC(=O)OC1C2(C)CC(=O)C(C2)C1(C)C. The van der Waals surface area contributed by atoms with Crippen LogP contribution in [0.25, 0.3) is 0 Å². The van der Waals surface area contributed by atoms with E-state index in [2.05, 4.69) is 6.92 Å². The molecule has 2 saturated carbocycles. The van der Waals surface area contributed by atoms with Crippen LogP contribution in [0.2, 0.25) is 0 Å². The largest absolute Gasteiger partial charge is 0.461 e. The molecular weight excluding hydrogens is 192 g/mol. The number of Topliss-reactive ketones (excluding diaryl/α,β-unsaturated/α-hetero) is 1. The predicted octanol–water partition coefficient (Wildman–Crippen LogP) is 1.94. The van der Waals surface area contributed by atoms with Gasteiger partial charge in [0.25, 0.3) is 0 Å². The minimum absolute atomic E-state index is 0.0758. The molecule has 0 aliphatic heterocycles. The lowest BCUT2D eigenvalue weighted by atomic mass is 9.69. The third-order valence-corrected chi connectivity index (χ3v) is 4.13. The highest BCUT2D eigenvalue weighted by Crippen LogP contribution is 2.61. The molecule has 0 aromatic heterocycles. The Kier molecular flexibility index (Phi) is 2.01. The van der Waals surface area contributed by atoms with Crippen molar-refractivity contribution in [3.05, 3.63) is 0 Å². The zero-order valence-electron chi connectivity index (χ0n) is 9.79. The zero-order valence-corrected chi connectivity index (χ0v) is 9.79. The molecule has 15 heavy (non-hydrogen) atoms. The molecule has 0 aromatic rings. The first-order chi connectivity index (χ1) is 6.77. The Morgan fingerprint density at radius 2 is 2.00 bits per heavy atom. The minimum atomic E-state index is -0.241. The van der Waals surface area contributed by atoms with Crippen molar-refractivity contribution in [2.45, 2.75) is 46.6 Å². The normalized spacial score (nSPS) is 42.0. The van der Waals surface area contributed by atoms with Gasteiger partial charge in [0.15, 0.2) is 0 Å². The number of carbonyl (C=O) groups is 2. The Morgan fingerprint density at radius 1 is 1.40 bits per heavy atom. The van der Waals surface area contributed by atoms with Gasteiger partial charge >= 0.3 is 5.97 Å². The third-order valence-electron chi connectivity index (χ3n) is 4.13. The molecule has 0 saturated heterocycles. The predicted molar refractivity (Wildman–Crippen MR) is 55.2 cm³/mol. The van der Waals surface area contributed by atoms with Crippen LogP contribution in [0.5, 0.6) is 0 Å². The molecule has 3 atom stereocenters. The van der Waals surface area contributed by atoms with Gasteiger partial charge < -0.3 is 4.74 Å². The van der Waals surface area contributed by atoms with Gasteiger partial charge in [-0.2, -0.15) is 0 Å². The molecule has 2 rings (SSSR count). The van der Waals surface area contributed by atoms with E-state index >= 15 is 0 Å². The summed E-state index contributed by atoms with van der Waals surface area (Å²) in [6.45, 7) is 7.57. The molecule has 0 N–H and O–H groups in total. The Labute approximate surface area is 90.2 Å². The number of hydrogen-bond acceptors (Lipinski definition) is 3. The van der Waals surface area contributed by atoms with E-state index in [9.17, 15) is 9.59 Å². The maximum absolute atomic E-state index is 11.7. The summed E-state index contributed by atoms with van der Waals surface area (Å²) < 4.78 is 5.42. The fourth-order valence-corrected chi connectivity index (χ4v) is 3.59. The van der Waals surface area contributed by atoms with E-state index in [0.29, 0.717) is 12.2 Å². The number of ketones is 1. The van der Waals surface area contributed by atoms with Crippen LogP contribution in [-0.2, 0) is 14.3 Å². The van der Waals surface area contributed by atoms with Crippen molar-refractivity contribution in [3.63, 3.8) is 0 Å². The molecular formula is C12H18O3. The van der Waals surface area contributed by atoms with E-state index in [0.717, 1.165) is 6.42 Å². The summed E-state index contributed by atoms with van der Waals surface area (Å²) in [7, 11) is 0. The molecule has 0 heterocycles. The van der Waals surface area contributed by atoms with Gasteiger partial charge in [0, 0.05) is 30.1 Å². The Balaban J connectivity index is 2.32. The second-order valence-electron chi connectivity index (χ2n) is 5.86. The zero-order chi connectivity index (χ0) is 11.4. The number of esters is 1. The van der Waals surface area contributed by atoms with E-state index in [4.69, 9.17) is 4.74 Å². The second-order valence-corrected chi connectivity index (χ2v) is 5.86. The summed E-state index contributed by atoms with van der Waals surface area (Å²) in [5.74, 6) is 0.173. The van der Waals surface area contributed by atoms with Crippen molar-refractivity contribution >= 4 is 11.8 Å². The molecule has 3 unspecified atom stereocenters. The van der Waals surface area contributed by atoms with E-state index < -0.39 is 0 Å². The molecule has 3 nitrogen and oxygen atoms in total. The molecule has 3 heteroatoms. The van der Waals surface area contributed by atoms with E-state index in [1.807, 2.05) is 13.8 Å². The van der Waals surface area contributed by atoms with Gasteiger partial charge in [-0.05, 0) is 6.42 Å². The van der Waals surface area contributed by atoms with Crippen molar-refractivity contribution in [3.8, 4) is 0 Å². The average molecular weight is 210 g/mol. The molecule has 0 aromatic carbocycles. The first-order valence-electron chi connectivity index (χ1n) is 5.47. The van der Waals surface area contributed by atoms with Gasteiger partial charge in [-0.25, -0.2) is 0 Å². The summed E-state index contributed by atoms with van der Waals surface area (Å²) in [6, 6.07) is 0. The van der Waals surface area contributed by atoms with Gasteiger partial charge in [0.1, 0.15) is 11.9 Å². The monoisotopic (exact) mass is 210 g/mol. The summed E-state index contributed by atoms with van der Waals surface area (Å²) in [5.41, 5.74) is -0.327. The smallest absolute Gasteiger partial charge is 0.302 e. The van der Waals surface area contributed by atoms with Crippen LogP contribution >= 0.6 is 0 Å². The molecule has 2 fully saturated rings. The molecule has 0 amide bonds. The number of hydrogen-bond donors (Lipinski definition) is 0. The van der Waals surface area contributed by atoms with Gasteiger partial charge in [-0.3, -0.25) is 9.59 Å². The number of ether oxygens (including phenoxy) is 1. The molecule has 2 aliphatic rings. The van der Waals surface area contributed by atoms with Gasteiger partial charge in [-0.15, -0.1) is 0 Å². The Hall–Kier alpha value is -0.860. The van der Waals surface area contributed by atoms with Crippen LogP contribution in [-0.4, -0.2) is 17.9 Å². The van der Waals surface area contributed by atoms with E-state index in [-0.39, 0.29) is 28.8 Å². The number of carbonyl (C=O) groups excluding carboxylic acids is 2. The molecule has 2 bridgehead atoms. The standard InChI is InChI=1S/C12H18O3/c1-7(13)15-10-11(2,3)8-5-12(10,4)6-9(8)14/h8,10H,5-6H2,1-4H3. The molecule has 2 aliphatic carbocycles. The van der Waals surface area contributed by atoms with Crippen molar-refractivity contribution in [2.24, 2.45) is 16.7 Å². The lowest BCUT2D eigenvalue weighted by Gasteiger charge is -2.40. The van der Waals surface area contributed by atoms with Gasteiger partial charge in [0.2, 0.25) is 0 Å². The summed E-state index contributed by atoms with van der Waals surface area (Å²) in [6.07, 6.45) is 1.33. The van der Waals surface area contributed by atoms with Gasteiger partial charge in [0.05, 0.1) is 0 Å². The quantitative estimate of drug-likeness (QED) is 0.621. The molecule has 0 spiro atoms. The first kappa shape index (κ1) is 10.7. The Morgan fingerprint density at radius 3 is 2.40 bits per heavy atom. The van der Waals surface area contributed by atoms with E-state index in [1.165, 1.54) is 6.92 Å². The van der Waals surface area contributed by atoms with Crippen molar-refractivity contribution in [2.75, 3.05) is 0 Å². The van der Waals surface area contributed by atoms with E-state index in [1.54, 1.807) is 0 Å². The summed E-state index contributed by atoms with van der Waals surface area (Å²) in [5, 5.41) is 0. The maximum atomic E-state index is 11.7. The third kappa shape index (κ3) is 1.32. The number of rotatable bonds is 1. The van der Waals surface area contributed by atoms with Crippen LogP contribution in [0.15, 0.2) is 0 Å². The minimum Gasteiger partial charge on any atom is -0.461 e. The van der Waals surface area contributed by atoms with Crippen LogP contribution < -0.4 is 0 Å². The highest BCUT2D eigenvalue weighted by molar-refractivity contribution is 5.86. The highest BCUT2D eigenvalue weighted by Gasteiger charge is 2.65. The fourth-order valence-electron chi connectivity index (χ4n) is 3.59. The van der Waals surface area contributed by atoms with Crippen LogP contribution in [0.3, 0.4) is 0 Å². The summed E-state index contributed by atoms with van der Waals surface area (Å²) in [4.78, 5) is 22.8. The van der Waals surface area contributed by atoms with Crippen LogP contribution in [0, 0.1) is 16.7 Å². The Bertz CT molecular complexity index is 327. The lowest BCUT2D eigenvalue weighted by molar-refractivity contribution is -0.164. The van der Waals surface area contributed by atoms with Crippen molar-refractivity contribution in [1.29, 1.82) is 0 Å². The summed E-state index contributed by atoms with van der Waals surface area (Å²) >= 11 is 0. The second kappa shape index (κ2) is 2.83. The van der Waals surface area contributed by atoms with Crippen LogP contribution in [0.4, 0.5) is 0 Å². The van der Waals surface area contributed by atoms with Crippen molar-refractivity contribution in [1.82, 2.24) is 0 Å². The topological polar surface area (TPSA) is 43.4 Å². The van der Waals surface area contributed by atoms with Crippen molar-refractivity contribution < 1.29 is 14.3 Å². The van der Waals surface area contributed by atoms with Crippen LogP contribution in [0.1, 0.15) is 40.5 Å². The molecule has 84 valence electrons.